The molecule has 1 unspecified atom stereocenters. The molecule has 174 valence electrons. The van der Waals surface area contributed by atoms with Gasteiger partial charge in [-0.15, -0.1) is 0 Å². The number of allylic oxidation sites excluding steroid dienone is 3. The predicted molar refractivity (Wildman–Crippen MR) is 145 cm³/mol. The normalized spacial score (nSPS) is 20.9. The van der Waals surface area contributed by atoms with Crippen LogP contribution in [0.15, 0.2) is 69.5 Å². The zero-order valence-corrected chi connectivity index (χ0v) is 21.6. The maximum atomic E-state index is 14.2. The Bertz CT molecular complexity index is 1310. The molecule has 3 aromatic rings. The van der Waals surface area contributed by atoms with Crippen molar-refractivity contribution in [3.05, 3.63) is 86.3 Å². The number of benzene rings is 2. The Labute approximate surface area is 214 Å². The second kappa shape index (κ2) is 8.91. The molecule has 0 spiro atoms. The monoisotopic (exact) mass is 564 g/mol. The molecule has 6 rings (SSSR count). The zero-order valence-electron chi connectivity index (χ0n) is 19.4. The number of hydrogen-bond donors (Lipinski definition) is 1. The number of rotatable bonds is 5. The Kier molecular flexibility index (Phi) is 5.76. The largest absolute Gasteiger partial charge is 0.494 e. The molecule has 0 radical (unpaired) electrons. The van der Waals surface area contributed by atoms with Crippen LogP contribution in [0.4, 0.5) is 0 Å². The second-order valence-electron chi connectivity index (χ2n) is 9.47. The van der Waals surface area contributed by atoms with Crippen LogP contribution in [0.25, 0.3) is 10.9 Å². The van der Waals surface area contributed by atoms with Gasteiger partial charge in [-0.1, -0.05) is 36.4 Å². The molecule has 1 aliphatic heterocycles. The zero-order chi connectivity index (χ0) is 23.2. The maximum absolute atomic E-state index is 14.2. The summed E-state index contributed by atoms with van der Waals surface area (Å²) in [4.78, 5) is 19.9. The lowest BCUT2D eigenvalue weighted by molar-refractivity contribution is 0.0794. The third kappa shape index (κ3) is 3.69. The maximum Gasteiger partial charge on any atom is 0.275 e. The summed E-state index contributed by atoms with van der Waals surface area (Å²) in [5.41, 5.74) is 6.58. The molecule has 2 heterocycles. The number of nitrogens with zero attached hydrogens (tertiary/aromatic N) is 1. The molecule has 4 nitrogen and oxygen atoms in total. The SMILES string of the molecule is CCOc1ccc(C2C(I)=C(C3=CCCCC3)N(C3CC3)C(=O)c3[nH]c4ccccc4c32)cc1. The summed E-state index contributed by atoms with van der Waals surface area (Å²) in [6.07, 6.45) is 9.10. The quantitative estimate of drug-likeness (QED) is 0.327. The van der Waals surface area contributed by atoms with Crippen LogP contribution in [0.1, 0.15) is 73.0 Å². The topological polar surface area (TPSA) is 45.3 Å². The molecule has 1 amide bonds. The van der Waals surface area contributed by atoms with E-state index in [-0.39, 0.29) is 11.8 Å². The van der Waals surface area contributed by atoms with Gasteiger partial charge in [-0.05, 0) is 97.4 Å². The number of nitrogens with one attached hydrogen (secondary N) is 1. The van der Waals surface area contributed by atoms with Crippen LogP contribution in [0, 0.1) is 0 Å². The fourth-order valence-corrected chi connectivity index (χ4v) is 6.79. The van der Waals surface area contributed by atoms with E-state index in [1.807, 2.05) is 13.0 Å². The number of aromatic nitrogens is 1. The van der Waals surface area contributed by atoms with Crippen molar-refractivity contribution in [2.75, 3.05) is 6.61 Å². The van der Waals surface area contributed by atoms with E-state index in [1.54, 1.807) is 0 Å². The molecule has 0 saturated heterocycles. The summed E-state index contributed by atoms with van der Waals surface area (Å²) < 4.78 is 6.97. The van der Waals surface area contributed by atoms with E-state index in [1.165, 1.54) is 33.3 Å². The first-order valence-corrected chi connectivity index (χ1v) is 13.5. The summed E-state index contributed by atoms with van der Waals surface area (Å²) in [7, 11) is 0. The van der Waals surface area contributed by atoms with Crippen molar-refractivity contribution in [1.29, 1.82) is 0 Å². The van der Waals surface area contributed by atoms with Crippen molar-refractivity contribution < 1.29 is 9.53 Å². The van der Waals surface area contributed by atoms with E-state index >= 15 is 0 Å². The van der Waals surface area contributed by atoms with Gasteiger partial charge in [0.25, 0.3) is 5.91 Å². The average molecular weight is 564 g/mol. The molecule has 3 aliphatic rings. The van der Waals surface area contributed by atoms with Crippen molar-refractivity contribution in [2.24, 2.45) is 0 Å². The molecule has 5 heteroatoms. The fraction of sp³-hybridized carbons (Fsp3) is 0.345. The summed E-state index contributed by atoms with van der Waals surface area (Å²) in [5, 5.41) is 1.13. The Morgan fingerprint density at radius 3 is 2.59 bits per heavy atom. The molecule has 2 aliphatic carbocycles. The number of fused-ring (bicyclic) bond motifs is 3. The molecule has 34 heavy (non-hydrogen) atoms. The highest BCUT2D eigenvalue weighted by Gasteiger charge is 2.43. The van der Waals surface area contributed by atoms with Crippen LogP contribution >= 0.6 is 22.6 Å². The van der Waals surface area contributed by atoms with Crippen LogP contribution in [0.5, 0.6) is 5.75 Å². The number of ether oxygens (including phenoxy) is 1. The first-order chi connectivity index (χ1) is 16.7. The molecular formula is C29H29IN2O2. The highest BCUT2D eigenvalue weighted by Crippen LogP contribution is 2.50. The predicted octanol–water partition coefficient (Wildman–Crippen LogP) is 7.46. The number of halogens is 1. The molecule has 1 aromatic heterocycles. The third-order valence-electron chi connectivity index (χ3n) is 7.22. The van der Waals surface area contributed by atoms with Crippen molar-refractivity contribution in [3.63, 3.8) is 0 Å². The first-order valence-electron chi connectivity index (χ1n) is 12.4. The van der Waals surface area contributed by atoms with Crippen molar-refractivity contribution in [2.45, 2.75) is 57.4 Å². The van der Waals surface area contributed by atoms with Gasteiger partial charge in [0, 0.05) is 32.0 Å². The minimum atomic E-state index is -0.00652. The Hall–Kier alpha value is -2.54. The summed E-state index contributed by atoms with van der Waals surface area (Å²) in [5.74, 6) is 0.995. The Morgan fingerprint density at radius 1 is 1.09 bits per heavy atom. The van der Waals surface area contributed by atoms with Crippen molar-refractivity contribution >= 4 is 39.4 Å². The first kappa shape index (κ1) is 22.0. The molecule has 2 aromatic carbocycles. The minimum Gasteiger partial charge on any atom is -0.494 e. The van der Waals surface area contributed by atoms with E-state index in [0.717, 1.165) is 53.6 Å². The minimum absolute atomic E-state index is 0.00652. The molecular weight excluding hydrogens is 535 g/mol. The fourth-order valence-electron chi connectivity index (χ4n) is 5.51. The van der Waals surface area contributed by atoms with Crippen LogP contribution in [-0.2, 0) is 0 Å². The average Bonchev–Trinajstić information content (AvgIpc) is 3.65. The van der Waals surface area contributed by atoms with Gasteiger partial charge >= 0.3 is 0 Å². The van der Waals surface area contributed by atoms with E-state index in [4.69, 9.17) is 4.74 Å². The van der Waals surface area contributed by atoms with Gasteiger partial charge in [0.15, 0.2) is 0 Å². The van der Waals surface area contributed by atoms with Gasteiger partial charge in [-0.25, -0.2) is 0 Å². The van der Waals surface area contributed by atoms with Crippen molar-refractivity contribution in [3.8, 4) is 5.75 Å². The highest BCUT2D eigenvalue weighted by atomic mass is 127. The summed E-state index contributed by atoms with van der Waals surface area (Å²) >= 11 is 2.55. The molecule has 1 N–H and O–H groups in total. The number of para-hydroxylation sites is 1. The van der Waals surface area contributed by atoms with Gasteiger partial charge in [-0.2, -0.15) is 0 Å². The summed E-state index contributed by atoms with van der Waals surface area (Å²) in [6.45, 7) is 2.65. The van der Waals surface area contributed by atoms with Gasteiger partial charge in [0.05, 0.1) is 12.3 Å². The van der Waals surface area contributed by atoms with Gasteiger partial charge in [0.1, 0.15) is 11.4 Å². The number of carbonyl (C=O) groups is 1. The lowest BCUT2D eigenvalue weighted by atomic mass is 9.87. The van der Waals surface area contributed by atoms with E-state index in [2.05, 4.69) is 81.0 Å². The van der Waals surface area contributed by atoms with Crippen LogP contribution < -0.4 is 4.74 Å². The second-order valence-corrected chi connectivity index (χ2v) is 10.6. The van der Waals surface area contributed by atoms with Crippen LogP contribution in [0.3, 0.4) is 0 Å². The Balaban J connectivity index is 1.62. The molecule has 1 fully saturated rings. The lowest BCUT2D eigenvalue weighted by Gasteiger charge is -2.29. The lowest BCUT2D eigenvalue weighted by Crippen LogP contribution is -2.33. The van der Waals surface area contributed by atoms with Crippen LogP contribution in [0.2, 0.25) is 0 Å². The van der Waals surface area contributed by atoms with E-state index in [0.29, 0.717) is 12.6 Å². The highest BCUT2D eigenvalue weighted by molar-refractivity contribution is 14.1. The van der Waals surface area contributed by atoms with Crippen LogP contribution in [-0.4, -0.2) is 28.4 Å². The summed E-state index contributed by atoms with van der Waals surface area (Å²) in [6, 6.07) is 17.1. The number of amides is 1. The smallest absolute Gasteiger partial charge is 0.275 e. The number of H-pyrrole nitrogens is 1. The Morgan fingerprint density at radius 2 is 1.88 bits per heavy atom. The van der Waals surface area contributed by atoms with E-state index in [9.17, 15) is 4.79 Å². The molecule has 1 atom stereocenters. The van der Waals surface area contributed by atoms with Gasteiger partial charge in [-0.3, -0.25) is 4.79 Å². The number of carbonyl (C=O) groups excluding carboxylic acids is 1. The van der Waals surface area contributed by atoms with Crippen molar-refractivity contribution in [1.82, 2.24) is 9.88 Å². The standard InChI is InChI=1S/C29H29IN2O2/c1-2-34-21-16-12-18(13-17-21)24-25-22-10-6-7-11-23(22)31-27(25)29(33)32(20-14-15-20)28(26(24)30)19-8-4-3-5-9-19/h6-8,10-13,16-17,20,24,31H,2-5,9,14-15H2,1H3. The van der Waals surface area contributed by atoms with Gasteiger partial charge < -0.3 is 14.6 Å². The van der Waals surface area contributed by atoms with E-state index < -0.39 is 0 Å². The molecule has 0 bridgehead atoms. The third-order valence-corrected chi connectivity index (χ3v) is 8.35. The number of aromatic amines is 1. The number of hydrogen-bond acceptors (Lipinski definition) is 2. The van der Waals surface area contributed by atoms with Gasteiger partial charge in [0.2, 0.25) is 0 Å². The molecule has 1 saturated carbocycles.